The maximum Gasteiger partial charge on any atom is 0.303 e. The molecule has 0 saturated heterocycles. The molecule has 1 aromatic heterocycles. The zero-order valence-electron chi connectivity index (χ0n) is 15.2. The Kier molecular flexibility index (Phi) is 6.20. The lowest BCUT2D eigenvalue weighted by Gasteiger charge is -2.15. The first kappa shape index (κ1) is 19.1. The maximum absolute atomic E-state index is 11.0. The van der Waals surface area contributed by atoms with E-state index in [9.17, 15) is 4.79 Å². The van der Waals surface area contributed by atoms with Crippen LogP contribution in [-0.2, 0) is 17.8 Å². The molecule has 3 rings (SSSR count). The van der Waals surface area contributed by atoms with Crippen molar-refractivity contribution in [3.63, 3.8) is 0 Å². The topological polar surface area (TPSA) is 51.5 Å². The van der Waals surface area contributed by atoms with Gasteiger partial charge in [0.05, 0.1) is 13.0 Å². The van der Waals surface area contributed by atoms with E-state index in [1.54, 1.807) is 12.1 Å². The Balaban J connectivity index is 1.78. The van der Waals surface area contributed by atoms with Crippen LogP contribution in [0, 0.1) is 6.92 Å². The normalized spacial score (nSPS) is 10.7. The van der Waals surface area contributed by atoms with Crippen molar-refractivity contribution < 1.29 is 14.6 Å². The summed E-state index contributed by atoms with van der Waals surface area (Å²) in [5.41, 5.74) is 4.37. The molecule has 0 saturated carbocycles. The number of aryl methyl sites for hydroxylation is 2. The van der Waals surface area contributed by atoms with Gasteiger partial charge < -0.3 is 14.4 Å². The van der Waals surface area contributed by atoms with Crippen molar-refractivity contribution in [1.29, 1.82) is 0 Å². The SMILES string of the molecule is Cc1ccc(-c2ccc(CCC(=O)O)n2CCOc2ccc(Cl)cc2)cc1. The largest absolute Gasteiger partial charge is 0.492 e. The van der Waals surface area contributed by atoms with E-state index in [4.69, 9.17) is 21.4 Å². The fourth-order valence-corrected chi connectivity index (χ4v) is 3.12. The third kappa shape index (κ3) is 5.14. The van der Waals surface area contributed by atoms with E-state index in [0.717, 1.165) is 22.7 Å². The number of hydrogen-bond acceptors (Lipinski definition) is 2. The van der Waals surface area contributed by atoms with Crippen molar-refractivity contribution in [1.82, 2.24) is 4.57 Å². The highest BCUT2D eigenvalue weighted by Gasteiger charge is 2.11. The van der Waals surface area contributed by atoms with Gasteiger partial charge in [0.2, 0.25) is 0 Å². The fourth-order valence-electron chi connectivity index (χ4n) is 2.99. The van der Waals surface area contributed by atoms with Gasteiger partial charge in [-0.3, -0.25) is 4.79 Å². The van der Waals surface area contributed by atoms with Crippen molar-refractivity contribution in [2.45, 2.75) is 26.3 Å². The molecule has 0 fully saturated rings. The van der Waals surface area contributed by atoms with Crippen LogP contribution in [0.2, 0.25) is 5.02 Å². The minimum atomic E-state index is -0.794. The Hall–Kier alpha value is -2.72. The van der Waals surface area contributed by atoms with Crippen LogP contribution in [0.4, 0.5) is 0 Å². The molecule has 0 aliphatic rings. The van der Waals surface area contributed by atoms with E-state index >= 15 is 0 Å². The Bertz CT molecular complexity index is 898. The maximum atomic E-state index is 11.0. The molecule has 0 atom stereocenters. The van der Waals surface area contributed by atoms with E-state index in [1.807, 2.05) is 24.3 Å². The first-order valence-corrected chi connectivity index (χ1v) is 9.26. The van der Waals surface area contributed by atoms with E-state index < -0.39 is 5.97 Å². The number of rotatable bonds is 8. The summed E-state index contributed by atoms with van der Waals surface area (Å²) in [5, 5.41) is 9.69. The second-order valence-corrected chi connectivity index (χ2v) is 6.86. The smallest absolute Gasteiger partial charge is 0.303 e. The van der Waals surface area contributed by atoms with Crippen LogP contribution in [0.5, 0.6) is 5.75 Å². The van der Waals surface area contributed by atoms with Gasteiger partial charge in [0, 0.05) is 16.4 Å². The van der Waals surface area contributed by atoms with Gasteiger partial charge in [0.15, 0.2) is 0 Å². The predicted octanol–water partition coefficient (Wildman–Crippen LogP) is 5.21. The number of aromatic nitrogens is 1. The first-order valence-electron chi connectivity index (χ1n) is 8.88. The summed E-state index contributed by atoms with van der Waals surface area (Å²) in [6.07, 6.45) is 0.595. The van der Waals surface area contributed by atoms with Gasteiger partial charge in [0.1, 0.15) is 12.4 Å². The molecule has 5 heteroatoms. The molecule has 0 amide bonds. The van der Waals surface area contributed by atoms with Gasteiger partial charge in [0.25, 0.3) is 0 Å². The van der Waals surface area contributed by atoms with E-state index in [2.05, 4.69) is 35.8 Å². The summed E-state index contributed by atoms with van der Waals surface area (Å²) < 4.78 is 7.97. The monoisotopic (exact) mass is 383 g/mol. The third-order valence-corrected chi connectivity index (χ3v) is 4.66. The second kappa shape index (κ2) is 8.78. The Labute approximate surface area is 164 Å². The van der Waals surface area contributed by atoms with Gasteiger partial charge in [-0.1, -0.05) is 41.4 Å². The van der Waals surface area contributed by atoms with Gasteiger partial charge >= 0.3 is 5.97 Å². The Morgan fingerprint density at radius 1 is 1.04 bits per heavy atom. The molecule has 2 aromatic carbocycles. The molecule has 0 bridgehead atoms. The lowest BCUT2D eigenvalue weighted by molar-refractivity contribution is -0.136. The van der Waals surface area contributed by atoms with Crippen LogP contribution in [0.15, 0.2) is 60.7 Å². The summed E-state index contributed by atoms with van der Waals surface area (Å²) in [6, 6.07) is 19.6. The zero-order chi connectivity index (χ0) is 19.2. The number of hydrogen-bond donors (Lipinski definition) is 1. The number of benzene rings is 2. The van der Waals surface area contributed by atoms with Crippen molar-refractivity contribution in [3.8, 4) is 17.0 Å². The van der Waals surface area contributed by atoms with Crippen molar-refractivity contribution in [2.75, 3.05) is 6.61 Å². The number of carboxylic acid groups (broad SMARTS) is 1. The average molecular weight is 384 g/mol. The van der Waals surface area contributed by atoms with Crippen LogP contribution in [0.3, 0.4) is 0 Å². The zero-order valence-corrected chi connectivity index (χ0v) is 15.9. The molecule has 4 nitrogen and oxygen atoms in total. The minimum Gasteiger partial charge on any atom is -0.492 e. The molecule has 0 aliphatic carbocycles. The molecule has 3 aromatic rings. The molecule has 0 aliphatic heterocycles. The third-order valence-electron chi connectivity index (χ3n) is 4.41. The second-order valence-electron chi connectivity index (χ2n) is 6.42. The van der Waals surface area contributed by atoms with Gasteiger partial charge in [-0.05, 0) is 55.3 Å². The minimum absolute atomic E-state index is 0.107. The number of halogens is 1. The molecule has 0 radical (unpaired) electrons. The Morgan fingerprint density at radius 2 is 1.74 bits per heavy atom. The predicted molar refractivity (Wildman–Crippen MR) is 108 cm³/mol. The average Bonchev–Trinajstić information content (AvgIpc) is 3.05. The number of aliphatic carboxylic acids is 1. The fraction of sp³-hybridized carbons (Fsp3) is 0.227. The first-order chi connectivity index (χ1) is 13.0. The van der Waals surface area contributed by atoms with Crippen molar-refractivity contribution in [3.05, 3.63) is 76.9 Å². The molecular weight excluding hydrogens is 362 g/mol. The highest BCUT2D eigenvalue weighted by molar-refractivity contribution is 6.30. The summed E-state index contributed by atoms with van der Waals surface area (Å²) >= 11 is 5.90. The quantitative estimate of drug-likeness (QED) is 0.580. The molecule has 0 unspecified atom stereocenters. The van der Waals surface area contributed by atoms with Crippen LogP contribution in [-0.4, -0.2) is 22.2 Å². The van der Waals surface area contributed by atoms with E-state index in [-0.39, 0.29) is 6.42 Å². The lowest BCUT2D eigenvalue weighted by Crippen LogP contribution is -2.13. The van der Waals surface area contributed by atoms with Crippen LogP contribution in [0.25, 0.3) is 11.3 Å². The molecule has 1 heterocycles. The Morgan fingerprint density at radius 3 is 2.41 bits per heavy atom. The van der Waals surface area contributed by atoms with E-state index in [0.29, 0.717) is 24.6 Å². The number of nitrogens with zero attached hydrogens (tertiary/aromatic N) is 1. The molecule has 27 heavy (non-hydrogen) atoms. The van der Waals surface area contributed by atoms with Crippen LogP contribution in [0.1, 0.15) is 17.7 Å². The molecule has 1 N–H and O–H groups in total. The number of ether oxygens (including phenoxy) is 1. The summed E-state index contributed by atoms with van der Waals surface area (Å²) in [4.78, 5) is 11.0. The lowest BCUT2D eigenvalue weighted by atomic mass is 10.1. The number of carbonyl (C=O) groups is 1. The van der Waals surface area contributed by atoms with Gasteiger partial charge in [-0.15, -0.1) is 0 Å². The highest BCUT2D eigenvalue weighted by atomic mass is 35.5. The summed E-state index contributed by atoms with van der Waals surface area (Å²) in [5.74, 6) is -0.0346. The number of carboxylic acids is 1. The van der Waals surface area contributed by atoms with Crippen LogP contribution < -0.4 is 4.74 Å². The molecule has 140 valence electrons. The standard InChI is InChI=1S/C22H22ClNO3/c1-16-2-4-17(5-3-16)21-12-8-19(9-13-22(25)26)24(21)14-15-27-20-10-6-18(23)7-11-20/h2-8,10-12H,9,13-15H2,1H3,(H,25,26). The van der Waals surface area contributed by atoms with Gasteiger partial charge in [-0.25, -0.2) is 0 Å². The highest BCUT2D eigenvalue weighted by Crippen LogP contribution is 2.24. The summed E-state index contributed by atoms with van der Waals surface area (Å²) in [7, 11) is 0. The summed E-state index contributed by atoms with van der Waals surface area (Å²) in [6.45, 7) is 3.17. The van der Waals surface area contributed by atoms with Crippen LogP contribution >= 0.6 is 11.6 Å². The van der Waals surface area contributed by atoms with E-state index in [1.165, 1.54) is 5.56 Å². The van der Waals surface area contributed by atoms with Crippen molar-refractivity contribution >= 4 is 17.6 Å². The molecular formula is C22H22ClNO3. The van der Waals surface area contributed by atoms with Gasteiger partial charge in [-0.2, -0.15) is 0 Å². The van der Waals surface area contributed by atoms with Crippen molar-refractivity contribution in [2.24, 2.45) is 0 Å². The molecule has 0 spiro atoms.